The highest BCUT2D eigenvalue weighted by Crippen LogP contribution is 2.41. The lowest BCUT2D eigenvalue weighted by Crippen LogP contribution is -2.61. The minimum absolute atomic E-state index is 0.0157. The van der Waals surface area contributed by atoms with Crippen molar-refractivity contribution < 1.29 is 46.6 Å². The number of aryl methyl sites for hydroxylation is 1. The molecule has 4 aromatic rings. The van der Waals surface area contributed by atoms with Gasteiger partial charge in [0, 0.05) is 69.2 Å². The molecule has 16 nitrogen and oxygen atoms in total. The number of carbonyl (C=O) groups excluding carboxylic acids is 4. The molecule has 2 aromatic heterocycles. The number of methoxy groups -OCH3 is 1. The third-order valence-electron chi connectivity index (χ3n) is 12.4. The predicted molar refractivity (Wildman–Crippen MR) is 252 cm³/mol. The number of β-amino-alcohol motifs (C(OH)–C–C–N with tert-alkyl or cyclic N) is 1. The molecule has 2 aliphatic heterocycles. The topological polar surface area (TPSA) is 194 Å². The summed E-state index contributed by atoms with van der Waals surface area (Å²) >= 11 is 3.00. The van der Waals surface area contributed by atoms with Crippen molar-refractivity contribution in [3.05, 3.63) is 76.6 Å². The fourth-order valence-corrected chi connectivity index (χ4v) is 10.2. The molecule has 5 N–H and O–H groups in total. The third kappa shape index (κ3) is 11.8. The van der Waals surface area contributed by atoms with Gasteiger partial charge in [-0.3, -0.25) is 24.1 Å². The minimum Gasteiger partial charge on any atom is -0.495 e. The van der Waals surface area contributed by atoms with E-state index in [2.05, 4.69) is 41.1 Å². The number of thioether (sulfide) groups is 1. The zero-order valence-electron chi connectivity index (χ0n) is 38.4. The van der Waals surface area contributed by atoms with Crippen LogP contribution in [0.4, 0.5) is 35.0 Å². The number of aliphatic hydroxyl groups is 1. The maximum Gasteiger partial charge on any atom is 0.421 e. The Morgan fingerprint density at radius 2 is 1.76 bits per heavy atom. The Hall–Kier alpha value is -5.58. The summed E-state index contributed by atoms with van der Waals surface area (Å²) in [5.74, 6) is -1.74. The number of ether oxygens (including phenoxy) is 1. The number of amides is 4. The molecule has 7 rings (SSSR count). The standard InChI is InChI=1S/C46H56F4N10O6S2/c1-27-36(67-26-54-27)29-9-7-28(8-10-29)23-52-39(62)34-22-31(61)25-60(34)41(64)37(56-42(65)45(47)13-14-45)44(2,3)68-20-6-15-58-16-18-59(19-17-58)40(63)30-11-12-33(35(21-30)66-5)55-43-53-24-32(46(48,49)50)38(51-4)57-43/h7-12,21,24,26,31,34,37,61H,6,13-20,22-23,25H2,1-5H3,(H,52,62)(H,56,65)(H2,51,53,55,57)/t31-,34+,37-/m1/s1. The zero-order chi connectivity index (χ0) is 49.0. The Bertz CT molecular complexity index is 2460. The lowest BCUT2D eigenvalue weighted by atomic mass is 10.00. The van der Waals surface area contributed by atoms with E-state index < -0.39 is 63.9 Å². The molecule has 3 aliphatic rings. The molecule has 2 aromatic carbocycles. The van der Waals surface area contributed by atoms with Gasteiger partial charge in [-0.1, -0.05) is 24.3 Å². The molecular formula is C46H56F4N10O6S2. The minimum atomic E-state index is -4.64. The molecule has 0 radical (unpaired) electrons. The van der Waals surface area contributed by atoms with E-state index in [0.29, 0.717) is 62.3 Å². The number of nitrogens with one attached hydrogen (secondary N) is 4. The molecule has 366 valence electrons. The number of carbonyl (C=O) groups is 4. The van der Waals surface area contributed by atoms with Crippen LogP contribution in [0, 0.1) is 6.92 Å². The van der Waals surface area contributed by atoms with Crippen molar-refractivity contribution in [3.63, 3.8) is 0 Å². The summed E-state index contributed by atoms with van der Waals surface area (Å²) in [6.07, 6.45) is -4.09. The number of halogens is 4. The maximum absolute atomic E-state index is 15.1. The molecule has 0 bridgehead atoms. The Morgan fingerprint density at radius 3 is 2.40 bits per heavy atom. The van der Waals surface area contributed by atoms with Crippen LogP contribution in [0.1, 0.15) is 66.7 Å². The number of benzene rings is 2. The number of rotatable bonds is 18. The zero-order valence-corrected chi connectivity index (χ0v) is 40.0. The Morgan fingerprint density at radius 1 is 1.04 bits per heavy atom. The number of thiazole rings is 1. The first kappa shape index (κ1) is 50.3. The van der Waals surface area contributed by atoms with Crippen LogP contribution in [0.5, 0.6) is 5.75 Å². The number of aliphatic hydroxyl groups excluding tert-OH is 1. The molecule has 1 saturated carbocycles. The number of hydrogen-bond acceptors (Lipinski definition) is 14. The number of piperazine rings is 1. The van der Waals surface area contributed by atoms with E-state index in [4.69, 9.17) is 4.74 Å². The van der Waals surface area contributed by atoms with Crippen LogP contribution in [-0.4, -0.2) is 146 Å². The number of anilines is 3. The summed E-state index contributed by atoms with van der Waals surface area (Å²) in [5, 5.41) is 21.6. The highest BCUT2D eigenvalue weighted by molar-refractivity contribution is 8.00. The van der Waals surface area contributed by atoms with Crippen molar-refractivity contribution in [2.45, 2.75) is 87.8 Å². The largest absolute Gasteiger partial charge is 0.495 e. The van der Waals surface area contributed by atoms with E-state index in [0.717, 1.165) is 21.7 Å². The molecule has 3 atom stereocenters. The van der Waals surface area contributed by atoms with Crippen molar-refractivity contribution in [2.24, 2.45) is 0 Å². The third-order valence-corrected chi connectivity index (χ3v) is 14.8. The molecule has 68 heavy (non-hydrogen) atoms. The number of alkyl halides is 4. The Kier molecular flexibility index (Phi) is 15.5. The highest BCUT2D eigenvalue weighted by Gasteiger charge is 2.54. The lowest BCUT2D eigenvalue weighted by molar-refractivity contribution is -0.143. The van der Waals surface area contributed by atoms with Gasteiger partial charge in [0.1, 0.15) is 29.2 Å². The van der Waals surface area contributed by atoms with Gasteiger partial charge in [0.25, 0.3) is 11.8 Å². The summed E-state index contributed by atoms with van der Waals surface area (Å²) in [5.41, 5.74) is 2.24. The van der Waals surface area contributed by atoms with Crippen molar-refractivity contribution in [3.8, 4) is 16.2 Å². The average Bonchev–Trinajstić information content (AvgIpc) is 3.73. The van der Waals surface area contributed by atoms with Crippen molar-refractivity contribution in [2.75, 3.05) is 69.8 Å². The second kappa shape index (κ2) is 21.0. The first-order valence-electron chi connectivity index (χ1n) is 22.3. The average molecular weight is 985 g/mol. The van der Waals surface area contributed by atoms with Crippen LogP contribution in [0.25, 0.3) is 10.4 Å². The van der Waals surface area contributed by atoms with Crippen molar-refractivity contribution in [1.82, 2.24) is 40.3 Å². The molecule has 22 heteroatoms. The molecule has 3 fully saturated rings. The van der Waals surface area contributed by atoms with Crippen LogP contribution in [-0.2, 0) is 27.1 Å². The van der Waals surface area contributed by atoms with Crippen LogP contribution >= 0.6 is 23.1 Å². The van der Waals surface area contributed by atoms with Crippen LogP contribution in [0.3, 0.4) is 0 Å². The van der Waals surface area contributed by atoms with E-state index >= 15 is 4.39 Å². The summed E-state index contributed by atoms with van der Waals surface area (Å²) in [6.45, 7) is 8.44. The van der Waals surface area contributed by atoms with Gasteiger partial charge in [0.05, 0.1) is 35.0 Å². The number of hydrogen-bond donors (Lipinski definition) is 5. The maximum atomic E-state index is 15.1. The smallest absolute Gasteiger partial charge is 0.421 e. The predicted octanol–water partition coefficient (Wildman–Crippen LogP) is 5.65. The van der Waals surface area contributed by atoms with Gasteiger partial charge in [0.15, 0.2) is 5.67 Å². The first-order valence-corrected chi connectivity index (χ1v) is 24.1. The summed E-state index contributed by atoms with van der Waals surface area (Å²) in [6, 6.07) is 10.3. The molecule has 2 saturated heterocycles. The molecule has 4 amide bonds. The Balaban J connectivity index is 0.909. The van der Waals surface area contributed by atoms with Crippen molar-refractivity contribution in [1.29, 1.82) is 0 Å². The quantitative estimate of drug-likeness (QED) is 0.0608. The highest BCUT2D eigenvalue weighted by atomic mass is 32.2. The number of aromatic nitrogens is 3. The monoisotopic (exact) mass is 984 g/mol. The van der Waals surface area contributed by atoms with Gasteiger partial charge in [-0.2, -0.15) is 29.9 Å². The fraction of sp³-hybridized carbons (Fsp3) is 0.500. The van der Waals surface area contributed by atoms with Gasteiger partial charge in [-0.05, 0) is 81.7 Å². The molecule has 1 aliphatic carbocycles. The van der Waals surface area contributed by atoms with E-state index in [1.54, 1.807) is 39.9 Å². The van der Waals surface area contributed by atoms with E-state index in [1.165, 1.54) is 30.8 Å². The van der Waals surface area contributed by atoms with Crippen LogP contribution < -0.4 is 26.0 Å². The Labute approximate surface area is 400 Å². The van der Waals surface area contributed by atoms with Gasteiger partial charge < -0.3 is 40.9 Å². The lowest BCUT2D eigenvalue weighted by Gasteiger charge is -2.38. The fourth-order valence-electron chi connectivity index (χ4n) is 8.21. The van der Waals surface area contributed by atoms with E-state index in [-0.39, 0.29) is 50.0 Å². The summed E-state index contributed by atoms with van der Waals surface area (Å²) in [4.78, 5) is 73.2. The summed E-state index contributed by atoms with van der Waals surface area (Å²) in [7, 11) is 2.73. The first-order chi connectivity index (χ1) is 32.3. The van der Waals surface area contributed by atoms with Crippen LogP contribution in [0.2, 0.25) is 0 Å². The van der Waals surface area contributed by atoms with E-state index in [9.17, 15) is 37.5 Å². The molecule has 4 heterocycles. The summed E-state index contributed by atoms with van der Waals surface area (Å²) < 4.78 is 59.6. The van der Waals surface area contributed by atoms with E-state index in [1.807, 2.05) is 45.0 Å². The molecule has 0 unspecified atom stereocenters. The number of likely N-dealkylation sites (tertiary alicyclic amines) is 1. The molecule has 0 spiro atoms. The second-order valence-corrected chi connectivity index (χ2v) is 20.2. The van der Waals surface area contributed by atoms with Gasteiger partial charge in [-0.15, -0.1) is 11.3 Å². The molecular weight excluding hydrogens is 929 g/mol. The van der Waals surface area contributed by atoms with Crippen LogP contribution in [0.15, 0.2) is 54.2 Å². The van der Waals surface area contributed by atoms with Gasteiger partial charge in [0.2, 0.25) is 17.8 Å². The van der Waals surface area contributed by atoms with Crippen molar-refractivity contribution >= 4 is 64.2 Å². The normalized spacial score (nSPS) is 18.7. The van der Waals surface area contributed by atoms with Gasteiger partial charge in [-0.25, -0.2) is 14.4 Å². The SMILES string of the molecule is CNc1nc(Nc2ccc(C(=O)N3CCN(CCCSC(C)(C)[C@H](NC(=O)C4(F)CC4)C(=O)N4C[C@H](O)C[C@H]4C(=O)NCc4ccc(-c5scnc5C)cc4)CC3)cc2OC)ncc1C(F)(F)F. The second-order valence-electron chi connectivity index (χ2n) is 17.6. The number of nitrogens with zero attached hydrogens (tertiary/aromatic N) is 6. The van der Waals surface area contributed by atoms with Gasteiger partial charge >= 0.3 is 6.18 Å².